The number of aryl methyl sites for hydroxylation is 3. The van der Waals surface area contributed by atoms with Gasteiger partial charge in [-0.2, -0.15) is 0 Å². The predicted octanol–water partition coefficient (Wildman–Crippen LogP) is 2.54. The molecule has 0 unspecified atom stereocenters. The van der Waals surface area contributed by atoms with E-state index in [4.69, 9.17) is 0 Å². The number of rotatable bonds is 8. The molecule has 8 heteroatoms. The maximum absolute atomic E-state index is 13.4. The second-order valence-electron chi connectivity index (χ2n) is 7.80. The third kappa shape index (κ3) is 6.07. The SMILES string of the molecule is CNC(=O)[C@@H](C)N(Cc1ccccc1C)C(=O)CN(c1cc(C)ccc1C)S(C)(=O)=O. The highest BCUT2D eigenvalue weighted by atomic mass is 32.2. The number of hydrogen-bond acceptors (Lipinski definition) is 4. The first-order chi connectivity index (χ1) is 14.5. The Morgan fingerprint density at radius 2 is 1.68 bits per heavy atom. The van der Waals surface area contributed by atoms with Crippen LogP contribution in [-0.2, 0) is 26.2 Å². The van der Waals surface area contributed by atoms with Gasteiger partial charge in [-0.3, -0.25) is 13.9 Å². The highest BCUT2D eigenvalue weighted by Crippen LogP contribution is 2.24. The van der Waals surface area contributed by atoms with Crippen LogP contribution in [-0.4, -0.2) is 51.0 Å². The Hall–Kier alpha value is -2.87. The van der Waals surface area contributed by atoms with Crippen molar-refractivity contribution in [2.75, 3.05) is 24.2 Å². The molecule has 0 aliphatic carbocycles. The smallest absolute Gasteiger partial charge is 0.244 e. The number of nitrogens with zero attached hydrogens (tertiary/aromatic N) is 2. The summed E-state index contributed by atoms with van der Waals surface area (Å²) < 4.78 is 26.3. The Labute approximate surface area is 185 Å². The van der Waals surface area contributed by atoms with Crippen LogP contribution in [0.4, 0.5) is 5.69 Å². The van der Waals surface area contributed by atoms with Gasteiger partial charge in [0, 0.05) is 13.6 Å². The zero-order valence-electron chi connectivity index (χ0n) is 19.0. The van der Waals surface area contributed by atoms with Crippen LogP contribution < -0.4 is 9.62 Å². The normalized spacial score (nSPS) is 12.2. The minimum absolute atomic E-state index is 0.199. The highest BCUT2D eigenvalue weighted by molar-refractivity contribution is 7.92. The van der Waals surface area contributed by atoms with Crippen molar-refractivity contribution in [2.24, 2.45) is 0 Å². The van der Waals surface area contributed by atoms with E-state index in [-0.39, 0.29) is 12.5 Å². The van der Waals surface area contributed by atoms with E-state index in [0.717, 1.165) is 32.8 Å². The lowest BCUT2D eigenvalue weighted by Crippen LogP contribution is -2.50. The number of anilines is 1. The molecule has 0 radical (unpaired) electrons. The summed E-state index contributed by atoms with van der Waals surface area (Å²) >= 11 is 0. The van der Waals surface area contributed by atoms with Crippen molar-refractivity contribution in [1.82, 2.24) is 10.2 Å². The Morgan fingerprint density at radius 1 is 1.03 bits per heavy atom. The Bertz CT molecular complexity index is 1070. The molecule has 0 aliphatic heterocycles. The van der Waals surface area contributed by atoms with Gasteiger partial charge in [0.1, 0.15) is 12.6 Å². The van der Waals surface area contributed by atoms with Gasteiger partial charge in [-0.05, 0) is 56.0 Å². The molecule has 0 spiro atoms. The standard InChI is InChI=1S/C23H31N3O4S/c1-16-11-12-18(3)21(13-16)26(31(6,29)30)15-22(27)25(19(4)23(28)24-5)14-20-10-8-7-9-17(20)2/h7-13,19H,14-15H2,1-6H3,(H,24,28)/t19-/m1/s1. The maximum Gasteiger partial charge on any atom is 0.244 e. The first-order valence-corrected chi connectivity index (χ1v) is 11.9. The second kappa shape index (κ2) is 9.96. The van der Waals surface area contributed by atoms with E-state index in [1.54, 1.807) is 19.9 Å². The first-order valence-electron chi connectivity index (χ1n) is 10.1. The van der Waals surface area contributed by atoms with Crippen LogP contribution in [0.1, 0.15) is 29.2 Å². The number of hydrogen-bond donors (Lipinski definition) is 1. The minimum Gasteiger partial charge on any atom is -0.357 e. The van der Waals surface area contributed by atoms with E-state index < -0.39 is 28.5 Å². The van der Waals surface area contributed by atoms with Gasteiger partial charge in [0.25, 0.3) is 0 Å². The number of amides is 2. The molecule has 2 rings (SSSR count). The van der Waals surface area contributed by atoms with Gasteiger partial charge in [0.2, 0.25) is 21.8 Å². The fourth-order valence-corrected chi connectivity index (χ4v) is 4.24. The molecule has 7 nitrogen and oxygen atoms in total. The molecule has 0 aromatic heterocycles. The van der Waals surface area contributed by atoms with Gasteiger partial charge >= 0.3 is 0 Å². The summed E-state index contributed by atoms with van der Waals surface area (Å²) in [6.07, 6.45) is 1.08. The lowest BCUT2D eigenvalue weighted by atomic mass is 10.1. The molecule has 2 amide bonds. The van der Waals surface area contributed by atoms with Crippen LogP contribution in [0.3, 0.4) is 0 Å². The van der Waals surface area contributed by atoms with Crippen LogP contribution in [0.25, 0.3) is 0 Å². The number of nitrogens with one attached hydrogen (secondary N) is 1. The maximum atomic E-state index is 13.4. The van der Waals surface area contributed by atoms with Crippen molar-refractivity contribution < 1.29 is 18.0 Å². The zero-order chi connectivity index (χ0) is 23.3. The lowest BCUT2D eigenvalue weighted by molar-refractivity contribution is -0.139. The zero-order valence-corrected chi connectivity index (χ0v) is 19.8. The molecule has 168 valence electrons. The van der Waals surface area contributed by atoms with Gasteiger partial charge in [-0.1, -0.05) is 36.4 Å². The largest absolute Gasteiger partial charge is 0.357 e. The van der Waals surface area contributed by atoms with E-state index >= 15 is 0 Å². The summed E-state index contributed by atoms with van der Waals surface area (Å²) in [6, 6.07) is 12.3. The molecule has 0 bridgehead atoms. The molecule has 0 saturated heterocycles. The number of carbonyl (C=O) groups excluding carboxylic acids is 2. The quantitative estimate of drug-likeness (QED) is 0.677. The summed E-state index contributed by atoms with van der Waals surface area (Å²) in [7, 11) is -2.22. The van der Waals surface area contributed by atoms with E-state index in [1.807, 2.05) is 50.2 Å². The third-order valence-corrected chi connectivity index (χ3v) is 6.45. The fourth-order valence-electron chi connectivity index (χ4n) is 3.35. The summed E-state index contributed by atoms with van der Waals surface area (Å²) in [6.45, 7) is 7.04. The minimum atomic E-state index is -3.73. The van der Waals surface area contributed by atoms with Crippen LogP contribution in [0, 0.1) is 20.8 Å². The molecule has 0 saturated carbocycles. The Morgan fingerprint density at radius 3 is 2.26 bits per heavy atom. The number of carbonyl (C=O) groups is 2. The van der Waals surface area contributed by atoms with Crippen molar-refractivity contribution in [3.05, 3.63) is 64.7 Å². The van der Waals surface area contributed by atoms with Gasteiger partial charge in [-0.25, -0.2) is 8.42 Å². The van der Waals surface area contributed by atoms with Crippen molar-refractivity contribution in [3.63, 3.8) is 0 Å². The molecule has 0 heterocycles. The number of benzene rings is 2. The molecular formula is C23H31N3O4S. The lowest BCUT2D eigenvalue weighted by Gasteiger charge is -2.32. The third-order valence-electron chi connectivity index (χ3n) is 5.33. The molecular weight excluding hydrogens is 414 g/mol. The van der Waals surface area contributed by atoms with E-state index in [0.29, 0.717) is 5.69 Å². The molecule has 2 aromatic carbocycles. The van der Waals surface area contributed by atoms with Gasteiger partial charge in [0.05, 0.1) is 11.9 Å². The average molecular weight is 446 g/mol. The second-order valence-corrected chi connectivity index (χ2v) is 9.70. The van der Waals surface area contributed by atoms with Crippen molar-refractivity contribution >= 4 is 27.5 Å². The van der Waals surface area contributed by atoms with Crippen LogP contribution in [0.15, 0.2) is 42.5 Å². The Balaban J connectivity index is 2.45. The van der Waals surface area contributed by atoms with E-state index in [1.165, 1.54) is 11.9 Å². The highest BCUT2D eigenvalue weighted by Gasteiger charge is 2.30. The van der Waals surface area contributed by atoms with Crippen LogP contribution in [0.5, 0.6) is 0 Å². The average Bonchev–Trinajstić information content (AvgIpc) is 2.71. The van der Waals surface area contributed by atoms with Gasteiger partial charge in [-0.15, -0.1) is 0 Å². The molecule has 0 aliphatic rings. The Kier molecular flexibility index (Phi) is 7.84. The number of likely N-dealkylation sites (N-methyl/N-ethyl adjacent to an activating group) is 1. The van der Waals surface area contributed by atoms with E-state index in [2.05, 4.69) is 5.32 Å². The van der Waals surface area contributed by atoms with Crippen molar-refractivity contribution in [1.29, 1.82) is 0 Å². The molecule has 0 fully saturated rings. The van der Waals surface area contributed by atoms with Gasteiger partial charge < -0.3 is 10.2 Å². The number of sulfonamides is 1. The molecule has 31 heavy (non-hydrogen) atoms. The first kappa shape index (κ1) is 24.4. The summed E-state index contributed by atoms with van der Waals surface area (Å²) in [5, 5.41) is 2.57. The molecule has 1 atom stereocenters. The summed E-state index contributed by atoms with van der Waals surface area (Å²) in [5.41, 5.74) is 3.97. The summed E-state index contributed by atoms with van der Waals surface area (Å²) in [5.74, 6) is -0.773. The van der Waals surface area contributed by atoms with E-state index in [9.17, 15) is 18.0 Å². The topological polar surface area (TPSA) is 86.8 Å². The predicted molar refractivity (Wildman–Crippen MR) is 123 cm³/mol. The monoisotopic (exact) mass is 445 g/mol. The summed E-state index contributed by atoms with van der Waals surface area (Å²) in [4.78, 5) is 27.2. The molecule has 2 aromatic rings. The fraction of sp³-hybridized carbons (Fsp3) is 0.391. The van der Waals surface area contributed by atoms with Crippen molar-refractivity contribution in [3.8, 4) is 0 Å². The van der Waals surface area contributed by atoms with Crippen LogP contribution in [0.2, 0.25) is 0 Å². The molecule has 1 N–H and O–H groups in total. The van der Waals surface area contributed by atoms with Crippen molar-refractivity contribution in [2.45, 2.75) is 40.3 Å². The van der Waals surface area contributed by atoms with Gasteiger partial charge in [0.15, 0.2) is 0 Å². The van der Waals surface area contributed by atoms with Crippen LogP contribution >= 0.6 is 0 Å².